The van der Waals surface area contributed by atoms with Crippen LogP contribution in [0.5, 0.6) is 0 Å². The molecule has 1 aromatic heterocycles. The Morgan fingerprint density at radius 3 is 2.82 bits per heavy atom. The summed E-state index contributed by atoms with van der Waals surface area (Å²) in [6, 6.07) is 7.79. The van der Waals surface area contributed by atoms with Crippen molar-refractivity contribution in [1.29, 1.82) is 10.5 Å². The zero-order valence-electron chi connectivity index (χ0n) is 8.53. The Bertz CT molecular complexity index is 655. The Hall–Kier alpha value is -2.86. The molecule has 0 unspecified atom stereocenters. The van der Waals surface area contributed by atoms with E-state index in [-0.39, 0.29) is 5.71 Å². The highest BCUT2D eigenvalue weighted by molar-refractivity contribution is 6.10. The molecule has 0 saturated carbocycles. The fourth-order valence-electron chi connectivity index (χ4n) is 1.39. The van der Waals surface area contributed by atoms with Crippen LogP contribution in [-0.2, 0) is 0 Å². The molecule has 0 aliphatic rings. The van der Waals surface area contributed by atoms with Crippen LogP contribution in [0.25, 0.3) is 10.9 Å². The first-order valence-corrected chi connectivity index (χ1v) is 4.65. The molecule has 0 atom stereocenters. The molecule has 0 saturated heterocycles. The smallest absolute Gasteiger partial charge is 0.237 e. The van der Waals surface area contributed by atoms with Crippen LogP contribution in [0, 0.1) is 28.5 Å². The summed E-state index contributed by atoms with van der Waals surface area (Å²) >= 11 is 0. The van der Waals surface area contributed by atoms with Gasteiger partial charge in [0.25, 0.3) is 0 Å². The number of fused-ring (bicyclic) bond motifs is 1. The Morgan fingerprint density at radius 1 is 1.35 bits per heavy atom. The van der Waals surface area contributed by atoms with Gasteiger partial charge in [-0.1, -0.05) is 0 Å². The van der Waals surface area contributed by atoms with Crippen LogP contribution in [0.15, 0.2) is 29.5 Å². The average Bonchev–Trinajstić information content (AvgIpc) is 2.79. The lowest BCUT2D eigenvalue weighted by atomic mass is 10.2. The average molecular weight is 227 g/mol. The summed E-state index contributed by atoms with van der Waals surface area (Å²) in [7, 11) is 0. The van der Waals surface area contributed by atoms with Crippen LogP contribution in [0.1, 0.15) is 0 Å². The maximum Gasteiger partial charge on any atom is 0.237 e. The molecule has 2 aromatic rings. The number of hydrogen-bond donors (Lipinski definition) is 2. The molecule has 17 heavy (non-hydrogen) atoms. The van der Waals surface area contributed by atoms with Gasteiger partial charge in [0.2, 0.25) is 5.71 Å². The third kappa shape index (κ3) is 2.06. The van der Waals surface area contributed by atoms with Gasteiger partial charge in [-0.25, -0.2) is 4.39 Å². The molecular formula is C11H6FN5. The number of H-pyrrole nitrogens is 1. The van der Waals surface area contributed by atoms with Gasteiger partial charge in [-0.2, -0.15) is 15.6 Å². The summed E-state index contributed by atoms with van der Waals surface area (Å²) in [6.07, 6.45) is 1.62. The van der Waals surface area contributed by atoms with Crippen molar-refractivity contribution in [3.8, 4) is 12.1 Å². The summed E-state index contributed by atoms with van der Waals surface area (Å²) in [6.45, 7) is 0. The van der Waals surface area contributed by atoms with Crippen molar-refractivity contribution in [3.05, 3.63) is 30.2 Å². The van der Waals surface area contributed by atoms with Gasteiger partial charge in [-0.3, -0.25) is 5.43 Å². The van der Waals surface area contributed by atoms with Gasteiger partial charge in [-0.05, 0) is 12.1 Å². The van der Waals surface area contributed by atoms with Crippen molar-refractivity contribution < 1.29 is 4.39 Å². The van der Waals surface area contributed by atoms with Crippen LogP contribution in [0.2, 0.25) is 0 Å². The molecule has 1 aromatic carbocycles. The molecule has 2 N–H and O–H groups in total. The fraction of sp³-hybridized carbons (Fsp3) is 0. The van der Waals surface area contributed by atoms with E-state index in [1.807, 2.05) is 0 Å². The van der Waals surface area contributed by atoms with Crippen LogP contribution in [-0.4, -0.2) is 10.7 Å². The van der Waals surface area contributed by atoms with E-state index in [1.54, 1.807) is 30.5 Å². The molecule has 0 aliphatic heterocycles. The second-order valence-corrected chi connectivity index (χ2v) is 3.20. The lowest BCUT2D eigenvalue weighted by molar-refractivity contribution is 0.637. The topological polar surface area (TPSA) is 87.8 Å². The van der Waals surface area contributed by atoms with Crippen LogP contribution in [0.3, 0.4) is 0 Å². The third-order valence-electron chi connectivity index (χ3n) is 2.12. The lowest BCUT2D eigenvalue weighted by Gasteiger charge is -2.01. The van der Waals surface area contributed by atoms with Crippen LogP contribution < -0.4 is 5.43 Å². The Balaban J connectivity index is 2.35. The number of halogens is 1. The van der Waals surface area contributed by atoms with Gasteiger partial charge in [0.1, 0.15) is 18.0 Å². The zero-order valence-corrected chi connectivity index (χ0v) is 8.53. The van der Waals surface area contributed by atoms with Gasteiger partial charge < -0.3 is 4.98 Å². The highest BCUT2D eigenvalue weighted by atomic mass is 19.1. The molecule has 0 spiro atoms. The monoisotopic (exact) mass is 227 g/mol. The minimum atomic E-state index is -0.430. The lowest BCUT2D eigenvalue weighted by Crippen LogP contribution is -1.96. The summed E-state index contributed by atoms with van der Waals surface area (Å²) in [5.41, 5.74) is 2.91. The number of aromatic amines is 1. The highest BCUT2D eigenvalue weighted by Gasteiger charge is 2.04. The van der Waals surface area contributed by atoms with Crippen molar-refractivity contribution >= 4 is 22.3 Å². The standard InChI is InChI=1S/C11H6FN5/c12-10-4-8(16-17-9(5-13)6-14)3-7-1-2-15-11(7)10/h1-4,15-16H. The van der Waals surface area contributed by atoms with E-state index in [1.165, 1.54) is 6.07 Å². The number of nitriles is 2. The largest absolute Gasteiger partial charge is 0.359 e. The van der Waals surface area contributed by atoms with Gasteiger partial charge in [0.15, 0.2) is 0 Å². The Morgan fingerprint density at radius 2 is 2.12 bits per heavy atom. The van der Waals surface area contributed by atoms with E-state index in [4.69, 9.17) is 10.5 Å². The molecule has 5 nitrogen and oxygen atoms in total. The van der Waals surface area contributed by atoms with Crippen molar-refractivity contribution in [2.45, 2.75) is 0 Å². The van der Waals surface area contributed by atoms with Crippen LogP contribution in [0.4, 0.5) is 10.1 Å². The number of nitrogens with one attached hydrogen (secondary N) is 2. The summed E-state index contributed by atoms with van der Waals surface area (Å²) < 4.78 is 13.5. The van der Waals surface area contributed by atoms with Crippen molar-refractivity contribution in [2.24, 2.45) is 5.10 Å². The molecule has 0 fully saturated rings. The highest BCUT2D eigenvalue weighted by Crippen LogP contribution is 2.21. The molecule has 0 radical (unpaired) electrons. The number of aromatic nitrogens is 1. The fourth-order valence-corrected chi connectivity index (χ4v) is 1.39. The number of hydrogen-bond acceptors (Lipinski definition) is 4. The van der Waals surface area contributed by atoms with Crippen molar-refractivity contribution in [3.63, 3.8) is 0 Å². The maximum absolute atomic E-state index is 13.5. The first kappa shape index (κ1) is 10.7. The van der Waals surface area contributed by atoms with Gasteiger partial charge >= 0.3 is 0 Å². The molecular weight excluding hydrogens is 221 g/mol. The van der Waals surface area contributed by atoms with E-state index in [0.717, 1.165) is 0 Å². The molecule has 2 rings (SSSR count). The Kier molecular flexibility index (Phi) is 2.71. The van der Waals surface area contributed by atoms with E-state index in [9.17, 15) is 4.39 Å². The Labute approximate surface area is 95.8 Å². The number of hydrazone groups is 1. The molecule has 6 heteroatoms. The molecule has 0 amide bonds. The predicted molar refractivity (Wildman–Crippen MR) is 60.5 cm³/mol. The third-order valence-corrected chi connectivity index (χ3v) is 2.12. The van der Waals surface area contributed by atoms with Crippen molar-refractivity contribution in [1.82, 2.24) is 4.98 Å². The minimum absolute atomic E-state index is 0.320. The van der Waals surface area contributed by atoms with Gasteiger partial charge in [0, 0.05) is 17.6 Å². The van der Waals surface area contributed by atoms with E-state index in [0.29, 0.717) is 16.6 Å². The van der Waals surface area contributed by atoms with Crippen molar-refractivity contribution in [2.75, 3.05) is 5.43 Å². The second kappa shape index (κ2) is 4.33. The molecule has 82 valence electrons. The summed E-state index contributed by atoms with van der Waals surface area (Å²) in [5.74, 6) is -0.430. The zero-order chi connectivity index (χ0) is 12.3. The van der Waals surface area contributed by atoms with Gasteiger partial charge in [-0.15, -0.1) is 0 Å². The number of nitrogens with zero attached hydrogens (tertiary/aromatic N) is 3. The minimum Gasteiger partial charge on any atom is -0.359 e. The quantitative estimate of drug-likeness (QED) is 0.608. The van der Waals surface area contributed by atoms with E-state index < -0.39 is 5.82 Å². The predicted octanol–water partition coefficient (Wildman–Crippen LogP) is 2.12. The number of rotatable bonds is 2. The molecule has 0 bridgehead atoms. The van der Waals surface area contributed by atoms with Gasteiger partial charge in [0.05, 0.1) is 11.2 Å². The number of benzene rings is 1. The van der Waals surface area contributed by atoms with Crippen LogP contribution >= 0.6 is 0 Å². The van der Waals surface area contributed by atoms with E-state index >= 15 is 0 Å². The normalized spacial score (nSPS) is 9.35. The molecule has 0 aliphatic carbocycles. The first-order chi connectivity index (χ1) is 8.24. The summed E-state index contributed by atoms with van der Waals surface area (Å²) in [5, 5.41) is 21.2. The SMILES string of the molecule is N#CC(C#N)=NNc1cc(F)c2[nH]ccc2c1. The first-order valence-electron chi connectivity index (χ1n) is 4.65. The van der Waals surface area contributed by atoms with E-state index in [2.05, 4.69) is 15.5 Å². The summed E-state index contributed by atoms with van der Waals surface area (Å²) in [4.78, 5) is 2.76. The number of anilines is 1. The molecule has 1 heterocycles. The second-order valence-electron chi connectivity index (χ2n) is 3.20. The maximum atomic E-state index is 13.5.